The lowest BCUT2D eigenvalue weighted by atomic mass is 9.84. The fourth-order valence-corrected chi connectivity index (χ4v) is 3.13. The van der Waals surface area contributed by atoms with Crippen molar-refractivity contribution in [2.45, 2.75) is 65.5 Å². The third kappa shape index (κ3) is 6.24. The van der Waals surface area contributed by atoms with Crippen molar-refractivity contribution in [3.63, 3.8) is 0 Å². The van der Waals surface area contributed by atoms with E-state index in [0.717, 1.165) is 19.8 Å². The zero-order chi connectivity index (χ0) is 14.3. The average Bonchev–Trinajstić information content (AvgIpc) is 2.38. The van der Waals surface area contributed by atoms with E-state index >= 15 is 0 Å². The molecule has 1 aliphatic heterocycles. The highest BCUT2D eigenvalue weighted by molar-refractivity contribution is 4.83. The van der Waals surface area contributed by atoms with Crippen LogP contribution in [0.15, 0.2) is 0 Å². The molecule has 0 spiro atoms. The van der Waals surface area contributed by atoms with Gasteiger partial charge < -0.3 is 15.0 Å². The molecule has 3 nitrogen and oxygen atoms in total. The maximum absolute atomic E-state index is 5.47. The summed E-state index contributed by atoms with van der Waals surface area (Å²) in [7, 11) is 2.29. The first-order valence-electron chi connectivity index (χ1n) is 7.98. The Hall–Kier alpha value is -0.120. The second-order valence-electron chi connectivity index (χ2n) is 6.85. The molecule has 0 aromatic rings. The quantitative estimate of drug-likeness (QED) is 0.734. The van der Waals surface area contributed by atoms with Gasteiger partial charge >= 0.3 is 0 Å². The summed E-state index contributed by atoms with van der Waals surface area (Å²) in [5.41, 5.74) is 0.381. The van der Waals surface area contributed by atoms with Crippen molar-refractivity contribution in [3.05, 3.63) is 0 Å². The van der Waals surface area contributed by atoms with E-state index in [1.54, 1.807) is 0 Å². The molecule has 0 aliphatic carbocycles. The highest BCUT2D eigenvalue weighted by Gasteiger charge is 2.28. The van der Waals surface area contributed by atoms with E-state index in [1.807, 2.05) is 0 Å². The molecule has 1 rings (SSSR count). The third-order valence-corrected chi connectivity index (χ3v) is 4.24. The molecule has 1 N–H and O–H groups in total. The smallest absolute Gasteiger partial charge is 0.0480 e. The lowest BCUT2D eigenvalue weighted by Crippen LogP contribution is -2.47. The topological polar surface area (TPSA) is 24.5 Å². The standard InChI is InChI=1S/C16H34N2O/c1-6-9-16(4,12-17-14(2)3)13-18(5)15-7-10-19-11-8-15/h14-15,17H,6-13H2,1-5H3. The van der Waals surface area contributed by atoms with Crippen molar-refractivity contribution in [2.24, 2.45) is 5.41 Å². The van der Waals surface area contributed by atoms with Crippen LogP contribution in [-0.2, 0) is 4.74 Å². The van der Waals surface area contributed by atoms with Crippen LogP contribution in [0.1, 0.15) is 53.4 Å². The van der Waals surface area contributed by atoms with Crippen LogP contribution in [0.4, 0.5) is 0 Å². The fourth-order valence-electron chi connectivity index (χ4n) is 3.13. The molecule has 0 radical (unpaired) electrons. The van der Waals surface area contributed by atoms with Crippen LogP contribution in [0.5, 0.6) is 0 Å². The molecule has 1 fully saturated rings. The number of rotatable bonds is 8. The summed E-state index contributed by atoms with van der Waals surface area (Å²) in [4.78, 5) is 2.57. The molecule has 0 amide bonds. The van der Waals surface area contributed by atoms with Crippen LogP contribution in [0, 0.1) is 5.41 Å². The lowest BCUT2D eigenvalue weighted by molar-refractivity contribution is 0.0277. The van der Waals surface area contributed by atoms with Crippen molar-refractivity contribution < 1.29 is 4.74 Å². The van der Waals surface area contributed by atoms with Crippen LogP contribution in [-0.4, -0.2) is 50.3 Å². The van der Waals surface area contributed by atoms with Gasteiger partial charge in [-0.1, -0.05) is 34.1 Å². The minimum absolute atomic E-state index is 0.381. The Morgan fingerprint density at radius 3 is 2.47 bits per heavy atom. The highest BCUT2D eigenvalue weighted by atomic mass is 16.5. The molecule has 1 atom stereocenters. The van der Waals surface area contributed by atoms with E-state index in [-0.39, 0.29) is 0 Å². The van der Waals surface area contributed by atoms with Crippen LogP contribution in [0.25, 0.3) is 0 Å². The number of ether oxygens (including phenoxy) is 1. The molecule has 0 aromatic carbocycles. The van der Waals surface area contributed by atoms with Crippen molar-refractivity contribution >= 4 is 0 Å². The van der Waals surface area contributed by atoms with Crippen LogP contribution in [0.3, 0.4) is 0 Å². The molecular formula is C16H34N2O. The molecule has 1 unspecified atom stereocenters. The molecule has 3 heteroatoms. The zero-order valence-electron chi connectivity index (χ0n) is 13.7. The fraction of sp³-hybridized carbons (Fsp3) is 1.00. The normalized spacial score (nSPS) is 21.0. The maximum atomic E-state index is 5.47. The van der Waals surface area contributed by atoms with Gasteiger partial charge in [-0.05, 0) is 31.7 Å². The van der Waals surface area contributed by atoms with E-state index in [2.05, 4.69) is 45.0 Å². The predicted octanol–water partition coefficient (Wildman–Crippen LogP) is 2.90. The van der Waals surface area contributed by atoms with Gasteiger partial charge in [-0.2, -0.15) is 0 Å². The Labute approximate surface area is 120 Å². The monoisotopic (exact) mass is 270 g/mol. The summed E-state index contributed by atoms with van der Waals surface area (Å²) in [6, 6.07) is 1.29. The molecule has 19 heavy (non-hydrogen) atoms. The Bertz CT molecular complexity index is 239. The van der Waals surface area contributed by atoms with Gasteiger partial charge in [0.2, 0.25) is 0 Å². The molecule has 0 saturated carbocycles. The second kappa shape index (κ2) is 8.23. The molecule has 114 valence electrons. The summed E-state index contributed by atoms with van der Waals surface area (Å²) >= 11 is 0. The summed E-state index contributed by atoms with van der Waals surface area (Å²) in [5.74, 6) is 0. The zero-order valence-corrected chi connectivity index (χ0v) is 13.7. The Kier molecular flexibility index (Phi) is 7.33. The summed E-state index contributed by atoms with van der Waals surface area (Å²) in [5, 5.41) is 3.63. The van der Waals surface area contributed by atoms with E-state index < -0.39 is 0 Å². The molecule has 0 aromatic heterocycles. The minimum atomic E-state index is 0.381. The van der Waals surface area contributed by atoms with Crippen LogP contribution in [0.2, 0.25) is 0 Å². The highest BCUT2D eigenvalue weighted by Crippen LogP contribution is 2.26. The summed E-state index contributed by atoms with van der Waals surface area (Å²) in [6.07, 6.45) is 4.94. The Morgan fingerprint density at radius 1 is 1.32 bits per heavy atom. The molecule has 0 bridgehead atoms. The maximum Gasteiger partial charge on any atom is 0.0480 e. The van der Waals surface area contributed by atoms with Crippen molar-refractivity contribution in [2.75, 3.05) is 33.4 Å². The molecule has 1 aliphatic rings. The minimum Gasteiger partial charge on any atom is -0.381 e. The number of hydrogen-bond acceptors (Lipinski definition) is 3. The van der Waals surface area contributed by atoms with Crippen molar-refractivity contribution in [3.8, 4) is 0 Å². The number of nitrogens with one attached hydrogen (secondary N) is 1. The number of nitrogens with zero attached hydrogens (tertiary/aromatic N) is 1. The Morgan fingerprint density at radius 2 is 1.95 bits per heavy atom. The van der Waals surface area contributed by atoms with E-state index in [0.29, 0.717) is 17.5 Å². The first kappa shape index (κ1) is 16.9. The van der Waals surface area contributed by atoms with Crippen LogP contribution >= 0.6 is 0 Å². The summed E-state index contributed by atoms with van der Waals surface area (Å²) in [6.45, 7) is 13.4. The average molecular weight is 270 g/mol. The van der Waals surface area contributed by atoms with E-state index in [1.165, 1.54) is 32.2 Å². The van der Waals surface area contributed by atoms with Crippen LogP contribution < -0.4 is 5.32 Å². The van der Waals surface area contributed by atoms with Gasteiger partial charge in [-0.15, -0.1) is 0 Å². The first-order valence-corrected chi connectivity index (χ1v) is 7.98. The molecule has 1 saturated heterocycles. The van der Waals surface area contributed by atoms with Gasteiger partial charge in [0, 0.05) is 38.4 Å². The second-order valence-corrected chi connectivity index (χ2v) is 6.85. The lowest BCUT2D eigenvalue weighted by Gasteiger charge is -2.39. The molecule has 1 heterocycles. The molecular weight excluding hydrogens is 236 g/mol. The van der Waals surface area contributed by atoms with E-state index in [4.69, 9.17) is 4.74 Å². The summed E-state index contributed by atoms with van der Waals surface area (Å²) < 4.78 is 5.47. The first-order chi connectivity index (χ1) is 8.97. The third-order valence-electron chi connectivity index (χ3n) is 4.24. The number of hydrogen-bond donors (Lipinski definition) is 1. The largest absolute Gasteiger partial charge is 0.381 e. The van der Waals surface area contributed by atoms with E-state index in [9.17, 15) is 0 Å². The van der Waals surface area contributed by atoms with Gasteiger partial charge in [-0.3, -0.25) is 0 Å². The van der Waals surface area contributed by atoms with Gasteiger partial charge in [-0.25, -0.2) is 0 Å². The van der Waals surface area contributed by atoms with Gasteiger partial charge in [0.1, 0.15) is 0 Å². The Balaban J connectivity index is 2.49. The van der Waals surface area contributed by atoms with Crippen molar-refractivity contribution in [1.82, 2.24) is 10.2 Å². The van der Waals surface area contributed by atoms with Crippen molar-refractivity contribution in [1.29, 1.82) is 0 Å². The van der Waals surface area contributed by atoms with Gasteiger partial charge in [0.05, 0.1) is 0 Å². The van der Waals surface area contributed by atoms with Gasteiger partial charge in [0.25, 0.3) is 0 Å². The SMILES string of the molecule is CCCC(C)(CNC(C)C)CN(C)C1CCOCC1. The van der Waals surface area contributed by atoms with Gasteiger partial charge in [0.15, 0.2) is 0 Å². The predicted molar refractivity (Wildman–Crippen MR) is 82.6 cm³/mol.